The van der Waals surface area contributed by atoms with Gasteiger partial charge in [-0.25, -0.2) is 0 Å². The molecule has 0 bridgehead atoms. The van der Waals surface area contributed by atoms with Crippen LogP contribution in [0.15, 0.2) is 0 Å². The van der Waals surface area contributed by atoms with Crippen LogP contribution in [0.4, 0.5) is 0 Å². The molecular formula is C10H22N2O. The van der Waals surface area contributed by atoms with Crippen molar-refractivity contribution in [3.05, 3.63) is 0 Å². The number of carbonyl (C=O) groups is 1. The Hall–Kier alpha value is -0.570. The molecule has 0 unspecified atom stereocenters. The molecule has 0 aliphatic carbocycles. The first-order valence-electron chi connectivity index (χ1n) is 4.78. The highest BCUT2D eigenvalue weighted by molar-refractivity contribution is 5.82. The lowest BCUT2D eigenvalue weighted by Crippen LogP contribution is -2.52. The Kier molecular flexibility index (Phi) is 3.91. The molecular weight excluding hydrogens is 164 g/mol. The number of hydrogen-bond donors (Lipinski definition) is 2. The second-order valence-corrected chi connectivity index (χ2v) is 4.78. The number of carbonyl (C=O) groups excluding carboxylic acids is 1. The number of rotatable bonds is 4. The topological polar surface area (TPSA) is 55.1 Å². The smallest absolute Gasteiger partial charge is 0.226 e. The monoisotopic (exact) mass is 186 g/mol. The van der Waals surface area contributed by atoms with E-state index in [9.17, 15) is 4.79 Å². The molecule has 0 spiro atoms. The summed E-state index contributed by atoms with van der Waals surface area (Å²) in [5.74, 6) is 0.0745. The molecule has 0 fully saturated rings. The van der Waals surface area contributed by atoms with E-state index in [4.69, 9.17) is 5.73 Å². The van der Waals surface area contributed by atoms with E-state index in [-0.39, 0.29) is 16.9 Å². The van der Waals surface area contributed by atoms with Gasteiger partial charge in [0.1, 0.15) is 0 Å². The lowest BCUT2D eigenvalue weighted by Gasteiger charge is -2.30. The van der Waals surface area contributed by atoms with Gasteiger partial charge in [-0.15, -0.1) is 0 Å². The molecule has 1 amide bonds. The molecule has 0 heterocycles. The Morgan fingerprint density at radius 1 is 1.31 bits per heavy atom. The minimum Gasteiger partial charge on any atom is -0.349 e. The fourth-order valence-corrected chi connectivity index (χ4v) is 0.688. The van der Waals surface area contributed by atoms with Crippen LogP contribution in [0.2, 0.25) is 0 Å². The Morgan fingerprint density at radius 3 is 2.08 bits per heavy atom. The minimum atomic E-state index is -0.302. The van der Waals surface area contributed by atoms with E-state index in [1.807, 2.05) is 34.6 Å². The number of amides is 1. The first-order valence-corrected chi connectivity index (χ1v) is 4.78. The summed E-state index contributed by atoms with van der Waals surface area (Å²) in [5, 5.41) is 2.93. The van der Waals surface area contributed by atoms with Gasteiger partial charge in [0.25, 0.3) is 0 Å². The van der Waals surface area contributed by atoms with Gasteiger partial charge < -0.3 is 11.1 Å². The van der Waals surface area contributed by atoms with Gasteiger partial charge in [-0.3, -0.25) is 4.79 Å². The summed E-state index contributed by atoms with van der Waals surface area (Å²) in [6, 6.07) is 0. The third-order valence-corrected chi connectivity index (χ3v) is 2.46. The zero-order chi connectivity index (χ0) is 10.7. The molecule has 0 aromatic rings. The summed E-state index contributed by atoms with van der Waals surface area (Å²) in [6.45, 7) is 10.2. The molecule has 0 aliphatic rings. The average Bonchev–Trinajstić information content (AvgIpc) is 2.04. The SMILES string of the molecule is CCC(C)(C)C(=O)NC(C)(C)CN. The second-order valence-electron chi connectivity index (χ2n) is 4.78. The van der Waals surface area contributed by atoms with Crippen LogP contribution >= 0.6 is 0 Å². The molecule has 0 radical (unpaired) electrons. The molecule has 3 nitrogen and oxygen atoms in total. The van der Waals surface area contributed by atoms with Crippen LogP contribution < -0.4 is 11.1 Å². The zero-order valence-corrected chi connectivity index (χ0v) is 9.40. The molecule has 0 saturated heterocycles. The predicted molar refractivity (Wildman–Crippen MR) is 55.3 cm³/mol. The summed E-state index contributed by atoms with van der Waals surface area (Å²) in [4.78, 5) is 11.7. The maximum Gasteiger partial charge on any atom is 0.226 e. The van der Waals surface area contributed by atoms with Gasteiger partial charge in [-0.05, 0) is 20.3 Å². The van der Waals surface area contributed by atoms with Gasteiger partial charge in [0.2, 0.25) is 5.91 Å². The van der Waals surface area contributed by atoms with Gasteiger partial charge in [-0.2, -0.15) is 0 Å². The van der Waals surface area contributed by atoms with E-state index in [0.29, 0.717) is 6.54 Å². The van der Waals surface area contributed by atoms with Crippen LogP contribution in [0.1, 0.15) is 41.0 Å². The third kappa shape index (κ3) is 3.77. The van der Waals surface area contributed by atoms with Crippen LogP contribution in [0.3, 0.4) is 0 Å². The van der Waals surface area contributed by atoms with Gasteiger partial charge in [-0.1, -0.05) is 20.8 Å². The summed E-state index contributed by atoms with van der Waals surface area (Å²) in [7, 11) is 0. The normalized spacial score (nSPS) is 12.8. The minimum absolute atomic E-state index is 0.0745. The molecule has 0 aliphatic heterocycles. The van der Waals surface area contributed by atoms with E-state index in [2.05, 4.69) is 5.32 Å². The van der Waals surface area contributed by atoms with Crippen molar-refractivity contribution in [3.8, 4) is 0 Å². The largest absolute Gasteiger partial charge is 0.349 e. The van der Waals surface area contributed by atoms with Gasteiger partial charge in [0.15, 0.2) is 0 Å². The van der Waals surface area contributed by atoms with Crippen LogP contribution in [-0.4, -0.2) is 18.0 Å². The van der Waals surface area contributed by atoms with E-state index in [1.165, 1.54) is 0 Å². The van der Waals surface area contributed by atoms with Crippen LogP contribution in [0.25, 0.3) is 0 Å². The van der Waals surface area contributed by atoms with Crippen LogP contribution in [0.5, 0.6) is 0 Å². The Morgan fingerprint density at radius 2 is 1.77 bits per heavy atom. The number of nitrogens with two attached hydrogens (primary N) is 1. The van der Waals surface area contributed by atoms with Gasteiger partial charge in [0, 0.05) is 17.5 Å². The first kappa shape index (κ1) is 12.4. The summed E-state index contributed by atoms with van der Waals surface area (Å²) in [6.07, 6.45) is 0.833. The Balaban J connectivity index is 4.31. The molecule has 0 aromatic carbocycles. The first-order chi connectivity index (χ1) is 5.75. The molecule has 3 heteroatoms. The maximum absolute atomic E-state index is 11.7. The highest BCUT2D eigenvalue weighted by Gasteiger charge is 2.29. The van der Waals surface area contributed by atoms with Crippen molar-refractivity contribution < 1.29 is 4.79 Å². The molecule has 13 heavy (non-hydrogen) atoms. The summed E-state index contributed by atoms with van der Waals surface area (Å²) < 4.78 is 0. The number of nitrogens with one attached hydrogen (secondary N) is 1. The van der Waals surface area contributed by atoms with Crippen molar-refractivity contribution in [3.63, 3.8) is 0 Å². The maximum atomic E-state index is 11.7. The molecule has 3 N–H and O–H groups in total. The van der Waals surface area contributed by atoms with Crippen molar-refractivity contribution in [1.82, 2.24) is 5.32 Å². The highest BCUT2D eigenvalue weighted by atomic mass is 16.2. The van der Waals surface area contributed by atoms with Gasteiger partial charge >= 0.3 is 0 Å². The molecule has 78 valence electrons. The lowest BCUT2D eigenvalue weighted by molar-refractivity contribution is -0.131. The fraction of sp³-hybridized carbons (Fsp3) is 0.900. The molecule has 0 aromatic heterocycles. The highest BCUT2D eigenvalue weighted by Crippen LogP contribution is 2.20. The van der Waals surface area contributed by atoms with Crippen molar-refractivity contribution in [1.29, 1.82) is 0 Å². The summed E-state index contributed by atoms with van der Waals surface area (Å²) in [5.41, 5.74) is 4.92. The van der Waals surface area contributed by atoms with Gasteiger partial charge in [0.05, 0.1) is 0 Å². The Labute approximate surface area is 81.1 Å². The van der Waals surface area contributed by atoms with E-state index in [1.54, 1.807) is 0 Å². The third-order valence-electron chi connectivity index (χ3n) is 2.46. The predicted octanol–water partition coefficient (Wildman–Crippen LogP) is 1.28. The average molecular weight is 186 g/mol. The van der Waals surface area contributed by atoms with Crippen LogP contribution in [0, 0.1) is 5.41 Å². The van der Waals surface area contributed by atoms with E-state index in [0.717, 1.165) is 6.42 Å². The molecule has 0 saturated carbocycles. The zero-order valence-electron chi connectivity index (χ0n) is 9.40. The number of hydrogen-bond acceptors (Lipinski definition) is 2. The second kappa shape index (κ2) is 4.09. The van der Waals surface area contributed by atoms with E-state index < -0.39 is 0 Å². The Bertz CT molecular complexity index is 185. The van der Waals surface area contributed by atoms with Crippen molar-refractivity contribution in [2.75, 3.05) is 6.54 Å². The molecule has 0 atom stereocenters. The molecule has 0 rings (SSSR count). The fourth-order valence-electron chi connectivity index (χ4n) is 0.688. The van der Waals surface area contributed by atoms with Crippen LogP contribution in [-0.2, 0) is 4.79 Å². The van der Waals surface area contributed by atoms with E-state index >= 15 is 0 Å². The van der Waals surface area contributed by atoms with Crippen molar-refractivity contribution in [2.24, 2.45) is 11.1 Å². The van der Waals surface area contributed by atoms with Crippen molar-refractivity contribution in [2.45, 2.75) is 46.6 Å². The lowest BCUT2D eigenvalue weighted by atomic mass is 9.88. The van der Waals surface area contributed by atoms with Crippen molar-refractivity contribution >= 4 is 5.91 Å². The summed E-state index contributed by atoms with van der Waals surface area (Å²) >= 11 is 0. The standard InChI is InChI=1S/C10H22N2O/c1-6-9(2,3)8(13)12-10(4,5)7-11/h6-7,11H2,1-5H3,(H,12,13). The quantitative estimate of drug-likeness (QED) is 0.695.